The highest BCUT2D eigenvalue weighted by Crippen LogP contribution is 1.98. The molecule has 0 aromatic rings. The normalized spacial score (nSPS) is 10.3. The van der Waals surface area contributed by atoms with E-state index in [4.69, 9.17) is 0 Å². The zero-order valence-electron chi connectivity index (χ0n) is 7.92. The van der Waals surface area contributed by atoms with Crippen LogP contribution in [-0.4, -0.2) is 37.2 Å². The Morgan fingerprint density at radius 3 is 2.75 bits per heavy atom. The number of hydrogen-bond acceptors (Lipinski definition) is 4. The second-order valence-electron chi connectivity index (χ2n) is 2.74. The molecule has 1 N–H and O–H groups in total. The number of carbonyl (C=O) groups excluding carboxylic acids is 1. The van der Waals surface area contributed by atoms with Gasteiger partial charge >= 0.3 is 5.97 Å². The summed E-state index contributed by atoms with van der Waals surface area (Å²) in [7, 11) is 1.41. The van der Waals surface area contributed by atoms with Gasteiger partial charge in [0, 0.05) is 18.3 Å². The van der Waals surface area contributed by atoms with Gasteiger partial charge in [-0.05, 0) is 0 Å². The molecule has 3 nitrogen and oxygen atoms in total. The summed E-state index contributed by atoms with van der Waals surface area (Å²) in [4.78, 5) is 10.6. The second-order valence-corrected chi connectivity index (χ2v) is 3.84. The molecule has 0 radical (unpaired) electrons. The summed E-state index contributed by atoms with van der Waals surface area (Å²) < 4.78 is 4.50. The average Bonchev–Trinajstić information content (AvgIpc) is 2.03. The van der Waals surface area contributed by atoms with Crippen LogP contribution >= 0.6 is 11.8 Å². The monoisotopic (exact) mass is 191 g/mol. The van der Waals surface area contributed by atoms with Crippen molar-refractivity contribution >= 4 is 17.7 Å². The number of ether oxygens (including phenoxy) is 1. The zero-order valence-corrected chi connectivity index (χ0v) is 8.74. The molecular formula is C8H17NO2S. The van der Waals surface area contributed by atoms with E-state index in [0.717, 1.165) is 12.3 Å². The van der Waals surface area contributed by atoms with E-state index in [9.17, 15) is 4.79 Å². The van der Waals surface area contributed by atoms with Crippen LogP contribution in [0.4, 0.5) is 0 Å². The molecule has 0 bridgehead atoms. The van der Waals surface area contributed by atoms with Crippen LogP contribution in [0.15, 0.2) is 0 Å². The first-order chi connectivity index (χ1) is 5.66. The maximum Gasteiger partial charge on any atom is 0.315 e. The number of carbonyl (C=O) groups is 1. The molecule has 4 heteroatoms. The van der Waals surface area contributed by atoms with Gasteiger partial charge in [-0.25, -0.2) is 0 Å². The number of hydrogen-bond donors (Lipinski definition) is 1. The molecule has 0 unspecified atom stereocenters. The fourth-order valence-corrected chi connectivity index (χ4v) is 1.33. The van der Waals surface area contributed by atoms with Crippen LogP contribution in [0.3, 0.4) is 0 Å². The molecule has 0 saturated carbocycles. The molecule has 0 rings (SSSR count). The minimum atomic E-state index is -0.149. The highest BCUT2D eigenvalue weighted by molar-refractivity contribution is 7.99. The van der Waals surface area contributed by atoms with Crippen molar-refractivity contribution in [1.29, 1.82) is 0 Å². The molecular weight excluding hydrogens is 174 g/mol. The lowest BCUT2D eigenvalue weighted by Gasteiger charge is -2.06. The molecule has 0 saturated heterocycles. The number of methoxy groups -OCH3 is 1. The molecule has 0 aromatic carbocycles. The fourth-order valence-electron chi connectivity index (χ4n) is 0.634. The summed E-state index contributed by atoms with van der Waals surface area (Å²) >= 11 is 1.59. The zero-order chi connectivity index (χ0) is 9.40. The topological polar surface area (TPSA) is 38.3 Å². The number of rotatable bonds is 6. The molecule has 0 spiro atoms. The Morgan fingerprint density at radius 1 is 1.58 bits per heavy atom. The van der Waals surface area contributed by atoms with E-state index in [-0.39, 0.29) is 5.97 Å². The molecule has 0 aliphatic carbocycles. The first-order valence-corrected chi connectivity index (χ1v) is 5.20. The van der Waals surface area contributed by atoms with E-state index < -0.39 is 0 Å². The molecule has 12 heavy (non-hydrogen) atoms. The van der Waals surface area contributed by atoms with Gasteiger partial charge in [-0.2, -0.15) is 0 Å². The third-order valence-electron chi connectivity index (χ3n) is 1.25. The van der Waals surface area contributed by atoms with Gasteiger partial charge in [0.25, 0.3) is 0 Å². The number of esters is 1. The van der Waals surface area contributed by atoms with Crippen molar-refractivity contribution in [1.82, 2.24) is 5.32 Å². The Balaban J connectivity index is 3.05. The maximum atomic E-state index is 10.6. The van der Waals surface area contributed by atoms with Crippen LogP contribution in [0.1, 0.15) is 13.8 Å². The highest BCUT2D eigenvalue weighted by atomic mass is 32.2. The van der Waals surface area contributed by atoms with Crippen molar-refractivity contribution in [2.24, 2.45) is 0 Å². The fraction of sp³-hybridized carbons (Fsp3) is 0.875. The van der Waals surface area contributed by atoms with E-state index >= 15 is 0 Å². The van der Waals surface area contributed by atoms with Crippen molar-refractivity contribution < 1.29 is 9.53 Å². The first-order valence-electron chi connectivity index (χ1n) is 4.04. The van der Waals surface area contributed by atoms with Crippen molar-refractivity contribution in [2.45, 2.75) is 19.9 Å². The van der Waals surface area contributed by atoms with Crippen LogP contribution in [-0.2, 0) is 9.53 Å². The van der Waals surface area contributed by atoms with Crippen molar-refractivity contribution in [3.63, 3.8) is 0 Å². The Bertz CT molecular complexity index is 128. The second kappa shape index (κ2) is 7.43. The van der Waals surface area contributed by atoms with Gasteiger partial charge in [-0.15, -0.1) is 11.8 Å². The Kier molecular flexibility index (Phi) is 7.29. The SMILES string of the molecule is COC(=O)CSCCNC(C)C. The molecule has 0 atom stereocenters. The van der Waals surface area contributed by atoms with Gasteiger partial charge in [-0.3, -0.25) is 4.79 Å². The van der Waals surface area contributed by atoms with E-state index in [2.05, 4.69) is 23.9 Å². The molecule has 0 aromatic heterocycles. The van der Waals surface area contributed by atoms with Gasteiger partial charge in [0.05, 0.1) is 12.9 Å². The molecule has 0 aliphatic heterocycles. The smallest absolute Gasteiger partial charge is 0.315 e. The van der Waals surface area contributed by atoms with E-state index in [1.165, 1.54) is 7.11 Å². The predicted molar refractivity (Wildman–Crippen MR) is 52.5 cm³/mol. The maximum absolute atomic E-state index is 10.6. The lowest BCUT2D eigenvalue weighted by atomic mass is 10.4. The summed E-state index contributed by atoms with van der Waals surface area (Å²) in [5.74, 6) is 1.26. The summed E-state index contributed by atoms with van der Waals surface area (Å²) in [6.45, 7) is 5.15. The van der Waals surface area contributed by atoms with Crippen molar-refractivity contribution in [3.05, 3.63) is 0 Å². The van der Waals surface area contributed by atoms with E-state index in [1.54, 1.807) is 11.8 Å². The molecule has 72 valence electrons. The summed E-state index contributed by atoms with van der Waals surface area (Å²) in [5, 5.41) is 3.26. The average molecular weight is 191 g/mol. The number of nitrogens with one attached hydrogen (secondary N) is 1. The Morgan fingerprint density at radius 2 is 2.25 bits per heavy atom. The standard InChI is InChI=1S/C8H17NO2S/c1-7(2)9-4-5-12-6-8(10)11-3/h7,9H,4-6H2,1-3H3. The van der Waals surface area contributed by atoms with Crippen LogP contribution in [0.2, 0.25) is 0 Å². The largest absolute Gasteiger partial charge is 0.468 e. The summed E-state index contributed by atoms with van der Waals surface area (Å²) in [6, 6.07) is 0.517. The molecule has 0 fully saturated rings. The minimum Gasteiger partial charge on any atom is -0.468 e. The first kappa shape index (κ1) is 11.8. The van der Waals surface area contributed by atoms with Crippen LogP contribution in [0.5, 0.6) is 0 Å². The molecule has 0 amide bonds. The van der Waals surface area contributed by atoms with Gasteiger partial charge in [0.1, 0.15) is 0 Å². The molecule has 0 heterocycles. The van der Waals surface area contributed by atoms with Gasteiger partial charge in [0.2, 0.25) is 0 Å². The lowest BCUT2D eigenvalue weighted by Crippen LogP contribution is -2.25. The van der Waals surface area contributed by atoms with Crippen molar-refractivity contribution in [3.8, 4) is 0 Å². The quantitative estimate of drug-likeness (QED) is 0.500. The number of thioether (sulfide) groups is 1. The Labute approximate surface area is 78.2 Å². The summed E-state index contributed by atoms with van der Waals surface area (Å²) in [6.07, 6.45) is 0. The third kappa shape index (κ3) is 7.88. The van der Waals surface area contributed by atoms with Gasteiger partial charge in [-0.1, -0.05) is 13.8 Å². The molecule has 0 aliphatic rings. The van der Waals surface area contributed by atoms with Crippen LogP contribution in [0.25, 0.3) is 0 Å². The Hall–Kier alpha value is -0.220. The van der Waals surface area contributed by atoms with Gasteiger partial charge in [0.15, 0.2) is 0 Å². The van der Waals surface area contributed by atoms with Crippen molar-refractivity contribution in [2.75, 3.05) is 25.2 Å². The predicted octanol–water partition coefficient (Wildman–Crippen LogP) is 0.891. The highest BCUT2D eigenvalue weighted by Gasteiger charge is 1.99. The minimum absolute atomic E-state index is 0.149. The van der Waals surface area contributed by atoms with E-state index in [1.807, 2.05) is 0 Å². The van der Waals surface area contributed by atoms with Gasteiger partial charge < -0.3 is 10.1 Å². The summed E-state index contributed by atoms with van der Waals surface area (Å²) in [5.41, 5.74) is 0. The van der Waals surface area contributed by atoms with Crippen LogP contribution in [0, 0.1) is 0 Å². The van der Waals surface area contributed by atoms with Crippen LogP contribution < -0.4 is 5.32 Å². The third-order valence-corrected chi connectivity index (χ3v) is 2.18. The van der Waals surface area contributed by atoms with E-state index in [0.29, 0.717) is 11.8 Å². The lowest BCUT2D eigenvalue weighted by molar-refractivity contribution is -0.137.